The Kier molecular flexibility index (Phi) is 4.16. The fourth-order valence-electron chi connectivity index (χ4n) is 3.28. The fraction of sp³-hybridized carbons (Fsp3) is 0.278. The molecule has 0 aliphatic carbocycles. The number of amides is 1. The van der Waals surface area contributed by atoms with Gasteiger partial charge in [-0.3, -0.25) is 14.7 Å². The quantitative estimate of drug-likeness (QED) is 0.747. The Hall–Kier alpha value is -2.80. The van der Waals surface area contributed by atoms with Gasteiger partial charge < -0.3 is 9.80 Å². The van der Waals surface area contributed by atoms with Gasteiger partial charge in [-0.25, -0.2) is 9.50 Å². The van der Waals surface area contributed by atoms with Gasteiger partial charge in [0.05, 0.1) is 10.7 Å². The highest BCUT2D eigenvalue weighted by Crippen LogP contribution is 2.26. The zero-order valence-corrected chi connectivity index (χ0v) is 15.0. The third-order valence-corrected chi connectivity index (χ3v) is 4.94. The highest BCUT2D eigenvalue weighted by Gasteiger charge is 2.25. The number of fused-ring (bicyclic) bond motifs is 1. The lowest BCUT2D eigenvalue weighted by Gasteiger charge is -2.36. The summed E-state index contributed by atoms with van der Waals surface area (Å²) < 4.78 is 1.29. The summed E-state index contributed by atoms with van der Waals surface area (Å²) in [7, 11) is 0. The summed E-state index contributed by atoms with van der Waals surface area (Å²) in [4.78, 5) is 33.2. The van der Waals surface area contributed by atoms with E-state index in [4.69, 9.17) is 11.6 Å². The van der Waals surface area contributed by atoms with E-state index in [2.05, 4.69) is 15.0 Å². The molecule has 1 aliphatic heterocycles. The van der Waals surface area contributed by atoms with E-state index in [0.717, 1.165) is 5.69 Å². The Labute approximate surface area is 154 Å². The van der Waals surface area contributed by atoms with Gasteiger partial charge in [0.15, 0.2) is 5.65 Å². The minimum atomic E-state index is -0.227. The molecular weight excluding hydrogens is 354 g/mol. The van der Waals surface area contributed by atoms with Crippen LogP contribution in [0.1, 0.15) is 16.1 Å². The number of aryl methyl sites for hydroxylation is 1. The second-order valence-corrected chi connectivity index (χ2v) is 6.72. The number of H-pyrrole nitrogens is 1. The highest BCUT2D eigenvalue weighted by molar-refractivity contribution is 6.33. The molecule has 1 N–H and O–H groups in total. The molecule has 1 aliphatic rings. The molecule has 0 unspecified atom stereocenters. The fourth-order valence-corrected chi connectivity index (χ4v) is 3.54. The molecule has 1 amide bonds. The molecule has 3 heterocycles. The van der Waals surface area contributed by atoms with Crippen LogP contribution in [0.5, 0.6) is 0 Å². The summed E-state index contributed by atoms with van der Waals surface area (Å²) in [5, 5.41) is 3.52. The van der Waals surface area contributed by atoms with Gasteiger partial charge in [-0.05, 0) is 19.1 Å². The minimum absolute atomic E-state index is 0.125. The Morgan fingerprint density at radius 1 is 1.19 bits per heavy atom. The molecule has 8 heteroatoms. The Bertz CT molecular complexity index is 1030. The molecule has 7 nitrogen and oxygen atoms in total. The van der Waals surface area contributed by atoms with Crippen molar-refractivity contribution in [3.8, 4) is 0 Å². The number of carbonyl (C=O) groups excluding carboxylic acids is 1. The van der Waals surface area contributed by atoms with Crippen LogP contribution in [0.4, 0.5) is 5.69 Å². The number of piperazine rings is 1. The largest absolute Gasteiger partial charge is 0.367 e. The lowest BCUT2D eigenvalue weighted by atomic mass is 10.2. The van der Waals surface area contributed by atoms with Gasteiger partial charge >= 0.3 is 0 Å². The maximum atomic E-state index is 12.9. The minimum Gasteiger partial charge on any atom is -0.367 e. The first-order valence-corrected chi connectivity index (χ1v) is 8.79. The Morgan fingerprint density at radius 3 is 2.65 bits per heavy atom. The van der Waals surface area contributed by atoms with Crippen LogP contribution in [0.3, 0.4) is 0 Å². The molecule has 0 spiro atoms. The molecule has 4 rings (SSSR count). The Morgan fingerprint density at radius 2 is 1.92 bits per heavy atom. The van der Waals surface area contributed by atoms with E-state index in [9.17, 15) is 9.59 Å². The molecule has 1 saturated heterocycles. The lowest BCUT2D eigenvalue weighted by molar-refractivity contribution is 0.0748. The first kappa shape index (κ1) is 16.7. The third-order valence-electron chi connectivity index (χ3n) is 4.62. The number of aromatic amines is 1. The highest BCUT2D eigenvalue weighted by atomic mass is 35.5. The number of hydrogen-bond donors (Lipinski definition) is 1. The summed E-state index contributed by atoms with van der Waals surface area (Å²) in [5.74, 6) is -0.125. The summed E-state index contributed by atoms with van der Waals surface area (Å²) in [6, 6.07) is 9.14. The molecule has 3 aromatic rings. The lowest BCUT2D eigenvalue weighted by Crippen LogP contribution is -2.48. The van der Waals surface area contributed by atoms with E-state index < -0.39 is 0 Å². The molecule has 0 bridgehead atoms. The number of anilines is 1. The monoisotopic (exact) mass is 371 g/mol. The Balaban J connectivity index is 1.54. The molecule has 26 heavy (non-hydrogen) atoms. The third kappa shape index (κ3) is 2.84. The molecule has 0 atom stereocenters. The van der Waals surface area contributed by atoms with E-state index >= 15 is 0 Å². The SMILES string of the molecule is Cc1cc(=O)n2[nH]cc(C(=O)N3CCN(c4ccccc4Cl)CC3)c2n1. The van der Waals surface area contributed by atoms with Crippen molar-refractivity contribution in [3.05, 3.63) is 63.2 Å². The standard InChI is InChI=1S/C18H18ClN5O2/c1-12-10-16(25)24-17(21-12)13(11-20-24)18(26)23-8-6-22(7-9-23)15-5-3-2-4-14(15)19/h2-5,10-11,20H,6-9H2,1H3. The van der Waals surface area contributed by atoms with Gasteiger partial charge in [0, 0.05) is 44.1 Å². The van der Waals surface area contributed by atoms with Gasteiger partial charge in [0.1, 0.15) is 5.56 Å². The molecule has 0 radical (unpaired) electrons. The predicted octanol–water partition coefficient (Wildman–Crippen LogP) is 1.95. The predicted molar refractivity (Wildman–Crippen MR) is 100 cm³/mol. The van der Waals surface area contributed by atoms with Crippen LogP contribution >= 0.6 is 11.6 Å². The zero-order valence-electron chi connectivity index (χ0n) is 14.3. The number of hydrogen-bond acceptors (Lipinski definition) is 4. The van der Waals surface area contributed by atoms with Crippen LogP contribution in [0, 0.1) is 6.92 Å². The molecule has 134 valence electrons. The van der Waals surface area contributed by atoms with Crippen molar-refractivity contribution >= 4 is 28.8 Å². The second-order valence-electron chi connectivity index (χ2n) is 6.31. The molecule has 1 aromatic carbocycles. The van der Waals surface area contributed by atoms with Crippen molar-refractivity contribution in [1.82, 2.24) is 19.5 Å². The van der Waals surface area contributed by atoms with Crippen LogP contribution in [0.15, 0.2) is 41.3 Å². The van der Waals surface area contributed by atoms with Crippen LogP contribution in [-0.2, 0) is 0 Å². The average Bonchev–Trinajstić information content (AvgIpc) is 3.06. The number of rotatable bonds is 2. The normalized spacial score (nSPS) is 14.8. The van der Waals surface area contributed by atoms with E-state index in [0.29, 0.717) is 48.1 Å². The first-order valence-electron chi connectivity index (χ1n) is 8.41. The summed E-state index contributed by atoms with van der Waals surface area (Å²) in [6.07, 6.45) is 1.55. The van der Waals surface area contributed by atoms with Crippen molar-refractivity contribution in [2.24, 2.45) is 0 Å². The number of para-hydroxylation sites is 1. The van der Waals surface area contributed by atoms with E-state index in [1.807, 2.05) is 24.3 Å². The van der Waals surface area contributed by atoms with Crippen molar-refractivity contribution in [1.29, 1.82) is 0 Å². The smallest absolute Gasteiger partial charge is 0.272 e. The zero-order chi connectivity index (χ0) is 18.3. The van der Waals surface area contributed by atoms with Crippen molar-refractivity contribution in [3.63, 3.8) is 0 Å². The first-order chi connectivity index (χ1) is 12.5. The van der Waals surface area contributed by atoms with E-state index in [1.165, 1.54) is 10.6 Å². The van der Waals surface area contributed by atoms with E-state index in [1.54, 1.807) is 18.0 Å². The number of nitrogens with zero attached hydrogens (tertiary/aromatic N) is 4. The molecule has 2 aromatic heterocycles. The number of carbonyl (C=O) groups is 1. The number of aromatic nitrogens is 3. The van der Waals surface area contributed by atoms with Crippen LogP contribution in [-0.4, -0.2) is 51.6 Å². The maximum Gasteiger partial charge on any atom is 0.272 e. The number of benzene rings is 1. The summed E-state index contributed by atoms with van der Waals surface area (Å²) in [6.45, 7) is 4.30. The van der Waals surface area contributed by atoms with Crippen LogP contribution < -0.4 is 10.5 Å². The molecule has 0 saturated carbocycles. The topological polar surface area (TPSA) is 73.7 Å². The number of nitrogens with one attached hydrogen (secondary N) is 1. The van der Waals surface area contributed by atoms with Gasteiger partial charge in [-0.1, -0.05) is 23.7 Å². The second kappa shape index (κ2) is 6.49. The average molecular weight is 372 g/mol. The van der Waals surface area contributed by atoms with E-state index in [-0.39, 0.29) is 11.5 Å². The summed E-state index contributed by atoms with van der Waals surface area (Å²) >= 11 is 6.27. The van der Waals surface area contributed by atoms with Crippen molar-refractivity contribution in [2.75, 3.05) is 31.1 Å². The summed E-state index contributed by atoms with van der Waals surface area (Å²) in [5.41, 5.74) is 2.13. The number of halogens is 1. The van der Waals surface area contributed by atoms with Crippen molar-refractivity contribution < 1.29 is 4.79 Å². The van der Waals surface area contributed by atoms with Gasteiger partial charge in [0.25, 0.3) is 11.5 Å². The van der Waals surface area contributed by atoms with Crippen LogP contribution in [0.2, 0.25) is 5.02 Å². The molecular formula is C18H18ClN5O2. The van der Waals surface area contributed by atoms with Gasteiger partial charge in [-0.2, -0.15) is 0 Å². The van der Waals surface area contributed by atoms with Crippen molar-refractivity contribution in [2.45, 2.75) is 6.92 Å². The molecule has 1 fully saturated rings. The van der Waals surface area contributed by atoms with Gasteiger partial charge in [-0.15, -0.1) is 0 Å². The maximum absolute atomic E-state index is 12.9. The van der Waals surface area contributed by atoms with Gasteiger partial charge in [0.2, 0.25) is 0 Å². The van der Waals surface area contributed by atoms with Crippen LogP contribution in [0.25, 0.3) is 5.65 Å².